The molecule has 2 rings (SSSR count). The summed E-state index contributed by atoms with van der Waals surface area (Å²) in [5.41, 5.74) is 1.12. The molecule has 0 saturated heterocycles. The van der Waals surface area contributed by atoms with Crippen molar-refractivity contribution in [2.24, 2.45) is 0 Å². The molecule has 0 N–H and O–H groups in total. The monoisotopic (exact) mass is 228 g/mol. The van der Waals surface area contributed by atoms with Gasteiger partial charge in [0.25, 0.3) is 0 Å². The molecule has 0 unspecified atom stereocenters. The van der Waals surface area contributed by atoms with E-state index in [-0.39, 0.29) is 0 Å². The van der Waals surface area contributed by atoms with E-state index in [1.807, 2.05) is 10.9 Å². The van der Waals surface area contributed by atoms with Crippen LogP contribution in [0.2, 0.25) is 0 Å². The van der Waals surface area contributed by atoms with E-state index in [0.717, 1.165) is 29.6 Å². The zero-order valence-corrected chi connectivity index (χ0v) is 8.12. The van der Waals surface area contributed by atoms with Crippen LogP contribution in [0.5, 0.6) is 0 Å². The van der Waals surface area contributed by atoms with E-state index in [0.29, 0.717) is 0 Å². The fourth-order valence-corrected chi connectivity index (χ4v) is 1.46. The van der Waals surface area contributed by atoms with Crippen molar-refractivity contribution in [1.29, 1.82) is 0 Å². The van der Waals surface area contributed by atoms with E-state index in [4.69, 9.17) is 4.74 Å². The molecule has 1 aromatic heterocycles. The molecular weight excluding hydrogens is 220 g/mol. The summed E-state index contributed by atoms with van der Waals surface area (Å²) >= 11 is 3.35. The van der Waals surface area contributed by atoms with E-state index in [1.165, 1.54) is 0 Å². The highest BCUT2D eigenvalue weighted by molar-refractivity contribution is 9.10. The van der Waals surface area contributed by atoms with Gasteiger partial charge in [-0.25, -0.2) is 4.68 Å². The minimum absolute atomic E-state index is 0.825. The van der Waals surface area contributed by atoms with E-state index in [1.54, 1.807) is 12.5 Å². The third kappa shape index (κ3) is 1.53. The lowest BCUT2D eigenvalue weighted by molar-refractivity contribution is 0.232. The van der Waals surface area contributed by atoms with Crippen LogP contribution in [-0.2, 0) is 4.74 Å². The van der Waals surface area contributed by atoms with Gasteiger partial charge in [-0.15, -0.1) is 0 Å². The van der Waals surface area contributed by atoms with Crippen LogP contribution in [-0.4, -0.2) is 16.4 Å². The molecule has 0 bridgehead atoms. The van der Waals surface area contributed by atoms with Crippen LogP contribution >= 0.6 is 15.9 Å². The maximum absolute atomic E-state index is 5.21. The lowest BCUT2D eigenvalue weighted by Gasteiger charge is -2.12. The molecule has 0 radical (unpaired) electrons. The summed E-state index contributed by atoms with van der Waals surface area (Å²) in [5, 5.41) is 4.16. The van der Waals surface area contributed by atoms with Crippen molar-refractivity contribution in [2.75, 3.05) is 6.61 Å². The van der Waals surface area contributed by atoms with Crippen molar-refractivity contribution < 1.29 is 4.74 Å². The van der Waals surface area contributed by atoms with Gasteiger partial charge >= 0.3 is 0 Å². The average Bonchev–Trinajstić information content (AvgIpc) is 2.54. The average molecular weight is 229 g/mol. The summed E-state index contributed by atoms with van der Waals surface area (Å²) in [5.74, 6) is 0. The molecule has 3 nitrogen and oxygen atoms in total. The predicted molar refractivity (Wildman–Crippen MR) is 49.4 cm³/mol. The fraction of sp³-hybridized carbons (Fsp3) is 0.375. The second-order valence-electron chi connectivity index (χ2n) is 2.69. The Morgan fingerprint density at radius 1 is 1.58 bits per heavy atom. The Bertz CT molecular complexity index is 306. The lowest BCUT2D eigenvalue weighted by atomic mass is 10.2. The van der Waals surface area contributed by atoms with E-state index < -0.39 is 0 Å². The lowest BCUT2D eigenvalue weighted by Crippen LogP contribution is -2.04. The molecule has 0 atom stereocenters. The van der Waals surface area contributed by atoms with Gasteiger partial charge in [-0.3, -0.25) is 0 Å². The second kappa shape index (κ2) is 3.31. The van der Waals surface area contributed by atoms with Gasteiger partial charge in [0.05, 0.1) is 23.0 Å². The van der Waals surface area contributed by atoms with Crippen LogP contribution in [0.15, 0.2) is 23.1 Å². The Morgan fingerprint density at radius 2 is 2.50 bits per heavy atom. The first-order chi connectivity index (χ1) is 5.86. The first-order valence-electron chi connectivity index (χ1n) is 3.87. The molecule has 1 aromatic rings. The highest BCUT2D eigenvalue weighted by atomic mass is 79.9. The van der Waals surface area contributed by atoms with Crippen molar-refractivity contribution in [3.05, 3.63) is 23.1 Å². The Labute approximate surface area is 79.1 Å². The molecular formula is C8H9BrN2O. The van der Waals surface area contributed by atoms with Gasteiger partial charge in [0.1, 0.15) is 6.26 Å². The van der Waals surface area contributed by atoms with Gasteiger partial charge in [0.2, 0.25) is 0 Å². The van der Waals surface area contributed by atoms with Crippen LogP contribution in [0.4, 0.5) is 0 Å². The zero-order chi connectivity index (χ0) is 8.39. The second-order valence-corrected chi connectivity index (χ2v) is 3.60. The molecule has 0 saturated carbocycles. The molecule has 4 heteroatoms. The number of aromatic nitrogens is 2. The SMILES string of the molecule is Brc1cnn(C2=COCCC2)c1. The summed E-state index contributed by atoms with van der Waals surface area (Å²) in [6, 6.07) is 0. The van der Waals surface area contributed by atoms with Crippen LogP contribution in [0.1, 0.15) is 12.8 Å². The first kappa shape index (κ1) is 7.86. The van der Waals surface area contributed by atoms with E-state index in [2.05, 4.69) is 21.0 Å². The largest absolute Gasteiger partial charge is 0.499 e. The molecule has 0 aliphatic carbocycles. The van der Waals surface area contributed by atoms with E-state index in [9.17, 15) is 0 Å². The Hall–Kier alpha value is -0.770. The van der Waals surface area contributed by atoms with E-state index >= 15 is 0 Å². The highest BCUT2D eigenvalue weighted by Gasteiger charge is 2.06. The van der Waals surface area contributed by atoms with Crippen molar-refractivity contribution in [1.82, 2.24) is 9.78 Å². The quantitative estimate of drug-likeness (QED) is 0.738. The minimum Gasteiger partial charge on any atom is -0.499 e. The molecule has 1 aliphatic heterocycles. The number of halogens is 1. The number of allylic oxidation sites excluding steroid dienone is 1. The number of hydrogen-bond acceptors (Lipinski definition) is 2. The van der Waals surface area contributed by atoms with Gasteiger partial charge in [0.15, 0.2) is 0 Å². The summed E-state index contributed by atoms with van der Waals surface area (Å²) in [7, 11) is 0. The maximum Gasteiger partial charge on any atom is 0.104 e. The number of hydrogen-bond donors (Lipinski definition) is 0. The Kier molecular flexibility index (Phi) is 2.17. The molecule has 2 heterocycles. The van der Waals surface area contributed by atoms with Gasteiger partial charge in [-0.2, -0.15) is 5.10 Å². The first-order valence-corrected chi connectivity index (χ1v) is 4.67. The van der Waals surface area contributed by atoms with Gasteiger partial charge in [0, 0.05) is 6.20 Å². The molecule has 64 valence electrons. The molecule has 0 fully saturated rings. The number of nitrogens with zero attached hydrogens (tertiary/aromatic N) is 2. The molecule has 1 aliphatic rings. The smallest absolute Gasteiger partial charge is 0.104 e. The van der Waals surface area contributed by atoms with Crippen LogP contribution in [0.3, 0.4) is 0 Å². The maximum atomic E-state index is 5.21. The third-order valence-electron chi connectivity index (χ3n) is 1.76. The molecule has 0 spiro atoms. The minimum atomic E-state index is 0.825. The molecule has 12 heavy (non-hydrogen) atoms. The number of rotatable bonds is 1. The molecule has 0 amide bonds. The third-order valence-corrected chi connectivity index (χ3v) is 2.17. The van der Waals surface area contributed by atoms with Crippen LogP contribution in [0, 0.1) is 0 Å². The van der Waals surface area contributed by atoms with Crippen LogP contribution in [0.25, 0.3) is 5.70 Å². The van der Waals surface area contributed by atoms with Crippen molar-refractivity contribution in [3.63, 3.8) is 0 Å². The standard InChI is InChI=1S/C8H9BrN2O/c9-7-4-10-11(5-7)8-2-1-3-12-6-8/h4-6H,1-3H2. The summed E-state index contributed by atoms with van der Waals surface area (Å²) in [4.78, 5) is 0. The van der Waals surface area contributed by atoms with Crippen molar-refractivity contribution in [2.45, 2.75) is 12.8 Å². The van der Waals surface area contributed by atoms with Gasteiger partial charge in [-0.1, -0.05) is 0 Å². The Balaban J connectivity index is 2.23. The Morgan fingerprint density at radius 3 is 3.08 bits per heavy atom. The summed E-state index contributed by atoms with van der Waals surface area (Å²) < 4.78 is 8.04. The topological polar surface area (TPSA) is 27.1 Å². The van der Waals surface area contributed by atoms with Crippen molar-refractivity contribution >= 4 is 21.6 Å². The normalized spacial score (nSPS) is 16.9. The summed E-state index contributed by atoms with van der Waals surface area (Å²) in [6.45, 7) is 0.825. The van der Waals surface area contributed by atoms with Gasteiger partial charge < -0.3 is 4.74 Å². The number of ether oxygens (including phenoxy) is 1. The van der Waals surface area contributed by atoms with Crippen LogP contribution < -0.4 is 0 Å². The fourth-order valence-electron chi connectivity index (χ4n) is 1.18. The predicted octanol–water partition coefficient (Wildman–Crippen LogP) is 2.25. The van der Waals surface area contributed by atoms with Gasteiger partial charge in [-0.05, 0) is 28.8 Å². The molecule has 0 aromatic carbocycles. The zero-order valence-electron chi connectivity index (χ0n) is 6.53. The highest BCUT2D eigenvalue weighted by Crippen LogP contribution is 2.18. The summed E-state index contributed by atoms with van der Waals surface area (Å²) in [6.07, 6.45) is 7.59. The van der Waals surface area contributed by atoms with Crippen molar-refractivity contribution in [3.8, 4) is 0 Å².